The van der Waals surface area contributed by atoms with Crippen LogP contribution in [0.4, 0.5) is 0 Å². The van der Waals surface area contributed by atoms with Crippen molar-refractivity contribution in [3.63, 3.8) is 0 Å². The average Bonchev–Trinajstić information content (AvgIpc) is 2.44. The van der Waals surface area contributed by atoms with Gasteiger partial charge in [-0.2, -0.15) is 0 Å². The maximum Gasteiger partial charge on any atom is 0.155 e. The Bertz CT molecular complexity index is 422. The number of rotatable bonds is 1. The third-order valence-electron chi connectivity index (χ3n) is 2.00. The van der Waals surface area contributed by atoms with Crippen LogP contribution in [-0.4, -0.2) is 19.2 Å². The maximum atomic E-state index is 11.3. The Morgan fingerprint density at radius 2 is 2.31 bits per heavy atom. The lowest BCUT2D eigenvalue weighted by molar-refractivity contribution is 0.591. The molecule has 0 saturated heterocycles. The van der Waals surface area contributed by atoms with Crippen LogP contribution < -0.4 is 5.73 Å². The van der Waals surface area contributed by atoms with Crippen molar-refractivity contribution < 1.29 is 8.42 Å². The van der Waals surface area contributed by atoms with Crippen LogP contribution in [0.1, 0.15) is 15.6 Å². The Balaban J connectivity index is 2.40. The highest BCUT2D eigenvalue weighted by molar-refractivity contribution is 7.90. The average molecular weight is 218 g/mol. The first-order chi connectivity index (χ1) is 6.11. The van der Waals surface area contributed by atoms with Gasteiger partial charge in [-0.05, 0) is 0 Å². The van der Waals surface area contributed by atoms with E-state index in [1.54, 1.807) is 0 Å². The molecule has 0 spiro atoms. The van der Waals surface area contributed by atoms with Gasteiger partial charge in [0.25, 0.3) is 0 Å². The lowest BCUT2D eigenvalue weighted by Gasteiger charge is -2.09. The van der Waals surface area contributed by atoms with Gasteiger partial charge in [-0.15, -0.1) is 11.3 Å². The zero-order valence-corrected chi connectivity index (χ0v) is 8.62. The van der Waals surface area contributed by atoms with E-state index in [-0.39, 0.29) is 11.5 Å². The number of aromatic nitrogens is 1. The molecule has 0 saturated carbocycles. The fraction of sp³-hybridized carbons (Fsp3) is 0.571. The summed E-state index contributed by atoms with van der Waals surface area (Å²) < 4.78 is 22.5. The first-order valence-corrected chi connectivity index (χ1v) is 6.62. The molecule has 0 bridgehead atoms. The quantitative estimate of drug-likeness (QED) is 0.724. The fourth-order valence-electron chi connectivity index (χ4n) is 1.36. The number of nitrogens with two attached hydrogens (primary N) is 1. The molecule has 2 rings (SSSR count). The van der Waals surface area contributed by atoms with E-state index in [1.807, 2.05) is 0 Å². The Hall–Kier alpha value is -0.460. The van der Waals surface area contributed by atoms with Gasteiger partial charge in [0.05, 0.1) is 17.2 Å². The van der Waals surface area contributed by atoms with Crippen molar-refractivity contribution in [1.82, 2.24) is 4.98 Å². The predicted molar refractivity (Wildman–Crippen MR) is 51.2 cm³/mol. The molecule has 0 amide bonds. The maximum absolute atomic E-state index is 11.3. The summed E-state index contributed by atoms with van der Waals surface area (Å²) in [4.78, 5) is 5.15. The summed E-state index contributed by atoms with van der Waals surface area (Å²) in [6, 6.07) is 0. The molecule has 2 heterocycles. The molecule has 1 aliphatic heterocycles. The first kappa shape index (κ1) is 9.11. The predicted octanol–water partition coefficient (Wildman–Crippen LogP) is 0.0727. The summed E-state index contributed by atoms with van der Waals surface area (Å²) in [5.41, 5.74) is 6.36. The van der Waals surface area contributed by atoms with E-state index in [4.69, 9.17) is 5.73 Å². The summed E-state index contributed by atoms with van der Waals surface area (Å²) in [6.45, 7) is 0.401. The molecule has 0 aliphatic carbocycles. The van der Waals surface area contributed by atoms with Gasteiger partial charge in [0, 0.05) is 17.8 Å². The number of aryl methyl sites for hydroxylation is 1. The Morgan fingerprint density at radius 1 is 1.54 bits per heavy atom. The van der Waals surface area contributed by atoms with E-state index in [0.717, 1.165) is 15.6 Å². The number of sulfone groups is 1. The lowest BCUT2D eigenvalue weighted by Crippen LogP contribution is -2.17. The van der Waals surface area contributed by atoms with E-state index in [2.05, 4.69) is 4.98 Å². The SMILES string of the molecule is NCc1nc2c(s1)CS(=O)(=O)CC2. The van der Waals surface area contributed by atoms with Crippen LogP contribution in [0.2, 0.25) is 0 Å². The van der Waals surface area contributed by atoms with Crippen molar-refractivity contribution in [1.29, 1.82) is 0 Å². The summed E-state index contributed by atoms with van der Waals surface area (Å²) in [7, 11) is -2.86. The van der Waals surface area contributed by atoms with Crippen molar-refractivity contribution >= 4 is 21.2 Å². The monoisotopic (exact) mass is 218 g/mol. The first-order valence-electron chi connectivity index (χ1n) is 3.99. The van der Waals surface area contributed by atoms with Crippen LogP contribution >= 0.6 is 11.3 Å². The molecule has 0 radical (unpaired) electrons. The van der Waals surface area contributed by atoms with Gasteiger partial charge < -0.3 is 5.73 Å². The normalized spacial score (nSPS) is 19.8. The molecule has 72 valence electrons. The number of hydrogen-bond donors (Lipinski definition) is 1. The molecule has 6 heteroatoms. The molecule has 0 aromatic carbocycles. The molecule has 1 aromatic rings. The number of fused-ring (bicyclic) bond motifs is 1. The minimum absolute atomic E-state index is 0.153. The van der Waals surface area contributed by atoms with E-state index in [9.17, 15) is 8.42 Å². The second kappa shape index (κ2) is 3.04. The van der Waals surface area contributed by atoms with Crippen LogP contribution in [-0.2, 0) is 28.6 Å². The van der Waals surface area contributed by atoms with Gasteiger partial charge >= 0.3 is 0 Å². The zero-order chi connectivity index (χ0) is 9.47. The third kappa shape index (κ3) is 1.74. The van der Waals surface area contributed by atoms with Crippen molar-refractivity contribution in [3.8, 4) is 0 Å². The van der Waals surface area contributed by atoms with Gasteiger partial charge in [0.15, 0.2) is 9.84 Å². The Kier molecular flexibility index (Phi) is 2.13. The topological polar surface area (TPSA) is 73.0 Å². The van der Waals surface area contributed by atoms with E-state index in [1.165, 1.54) is 11.3 Å². The molecule has 4 nitrogen and oxygen atoms in total. The fourth-order valence-corrected chi connectivity index (χ4v) is 4.13. The highest BCUT2D eigenvalue weighted by atomic mass is 32.2. The second-order valence-corrected chi connectivity index (χ2v) is 6.38. The Labute approximate surface area is 80.7 Å². The van der Waals surface area contributed by atoms with Crippen LogP contribution in [0.25, 0.3) is 0 Å². The minimum Gasteiger partial charge on any atom is -0.325 e. The lowest BCUT2D eigenvalue weighted by atomic mass is 10.3. The van der Waals surface area contributed by atoms with E-state index >= 15 is 0 Å². The standard InChI is InChI=1S/C7H10N2O2S2/c8-3-7-9-5-1-2-13(10,11)4-6(5)12-7/h1-4,8H2. The molecule has 1 aromatic heterocycles. The van der Waals surface area contributed by atoms with Crippen LogP contribution in [0.15, 0.2) is 0 Å². The largest absolute Gasteiger partial charge is 0.325 e. The van der Waals surface area contributed by atoms with Gasteiger partial charge in [-0.3, -0.25) is 0 Å². The molecular weight excluding hydrogens is 208 g/mol. The Morgan fingerprint density at radius 3 is 3.00 bits per heavy atom. The molecule has 0 fully saturated rings. The number of hydrogen-bond acceptors (Lipinski definition) is 5. The highest BCUT2D eigenvalue weighted by Crippen LogP contribution is 2.25. The number of nitrogens with zero attached hydrogens (tertiary/aromatic N) is 1. The number of thiazole rings is 1. The summed E-state index contributed by atoms with van der Waals surface area (Å²) >= 11 is 1.42. The smallest absolute Gasteiger partial charge is 0.155 e. The van der Waals surface area contributed by atoms with Crippen molar-refractivity contribution in [2.45, 2.75) is 18.7 Å². The van der Waals surface area contributed by atoms with Crippen LogP contribution in [0.5, 0.6) is 0 Å². The molecule has 0 unspecified atom stereocenters. The highest BCUT2D eigenvalue weighted by Gasteiger charge is 2.24. The summed E-state index contributed by atoms with van der Waals surface area (Å²) in [5.74, 6) is 0.383. The van der Waals surface area contributed by atoms with E-state index < -0.39 is 9.84 Å². The van der Waals surface area contributed by atoms with Gasteiger partial charge in [-0.1, -0.05) is 0 Å². The van der Waals surface area contributed by atoms with Gasteiger partial charge in [0.1, 0.15) is 5.01 Å². The molecular formula is C7H10N2O2S2. The van der Waals surface area contributed by atoms with Crippen molar-refractivity contribution in [2.24, 2.45) is 5.73 Å². The molecule has 13 heavy (non-hydrogen) atoms. The van der Waals surface area contributed by atoms with Gasteiger partial charge in [0.2, 0.25) is 0 Å². The molecule has 2 N–H and O–H groups in total. The minimum atomic E-state index is -2.86. The third-order valence-corrected chi connectivity index (χ3v) is 4.86. The molecule has 1 aliphatic rings. The summed E-state index contributed by atoms with van der Waals surface area (Å²) in [5, 5.41) is 0.835. The molecule has 0 atom stereocenters. The second-order valence-electron chi connectivity index (χ2n) is 3.02. The van der Waals surface area contributed by atoms with Crippen molar-refractivity contribution in [3.05, 3.63) is 15.6 Å². The van der Waals surface area contributed by atoms with Gasteiger partial charge in [-0.25, -0.2) is 13.4 Å². The zero-order valence-electron chi connectivity index (χ0n) is 6.99. The van der Waals surface area contributed by atoms with Crippen molar-refractivity contribution in [2.75, 3.05) is 5.75 Å². The summed E-state index contributed by atoms with van der Waals surface area (Å²) in [6.07, 6.45) is 0.550. The van der Waals surface area contributed by atoms with E-state index in [0.29, 0.717) is 13.0 Å². The van der Waals surface area contributed by atoms with Crippen LogP contribution in [0, 0.1) is 0 Å². The van der Waals surface area contributed by atoms with Crippen LogP contribution in [0.3, 0.4) is 0 Å².